The molecule has 0 saturated carbocycles. The van der Waals surface area contributed by atoms with Crippen LogP contribution in [-0.4, -0.2) is 26.6 Å². The SMILES string of the molecule is COc1cc2c(cc1O)nc(Nc1c(C)cccc1Cl)c1cncn12.[W]. The van der Waals surface area contributed by atoms with Crippen molar-refractivity contribution in [3.05, 3.63) is 53.4 Å². The fourth-order valence-corrected chi connectivity index (χ4v) is 3.10. The maximum absolute atomic E-state index is 10.1. The van der Waals surface area contributed by atoms with E-state index in [1.54, 1.807) is 24.7 Å². The normalized spacial score (nSPS) is 10.7. The van der Waals surface area contributed by atoms with Crippen LogP contribution in [0.1, 0.15) is 5.56 Å². The molecule has 0 aliphatic rings. The summed E-state index contributed by atoms with van der Waals surface area (Å²) in [6.45, 7) is 1.97. The summed E-state index contributed by atoms with van der Waals surface area (Å²) >= 11 is 6.32. The number of aromatic hydroxyl groups is 1. The maximum atomic E-state index is 10.1. The average Bonchev–Trinajstić information content (AvgIpc) is 3.08. The first-order valence-corrected chi connectivity index (χ1v) is 8.01. The van der Waals surface area contributed by atoms with E-state index < -0.39 is 0 Å². The van der Waals surface area contributed by atoms with Gasteiger partial charge in [0, 0.05) is 33.2 Å². The summed E-state index contributed by atoms with van der Waals surface area (Å²) in [7, 11) is 1.51. The molecule has 0 radical (unpaired) electrons. The Balaban J connectivity index is 0.00000196. The van der Waals surface area contributed by atoms with E-state index in [4.69, 9.17) is 16.3 Å². The minimum atomic E-state index is 0. The molecular formula is C18H15ClN4O2W. The number of aryl methyl sites for hydroxylation is 1. The van der Waals surface area contributed by atoms with Crippen molar-refractivity contribution in [2.45, 2.75) is 6.92 Å². The first-order valence-electron chi connectivity index (χ1n) is 7.63. The van der Waals surface area contributed by atoms with Crippen LogP contribution >= 0.6 is 11.6 Å². The first kappa shape index (κ1) is 18.5. The summed E-state index contributed by atoms with van der Waals surface area (Å²) in [6, 6.07) is 8.99. The van der Waals surface area contributed by atoms with E-state index in [9.17, 15) is 5.11 Å². The predicted molar refractivity (Wildman–Crippen MR) is 98.2 cm³/mol. The number of imidazole rings is 1. The molecule has 4 rings (SSSR count). The predicted octanol–water partition coefficient (Wildman–Crippen LogP) is 4.30. The smallest absolute Gasteiger partial charge is 0.162 e. The van der Waals surface area contributed by atoms with Gasteiger partial charge in [-0.1, -0.05) is 23.7 Å². The third-order valence-corrected chi connectivity index (χ3v) is 4.43. The Bertz CT molecular complexity index is 1090. The summed E-state index contributed by atoms with van der Waals surface area (Å²) in [5, 5.41) is 14.0. The molecule has 6 nitrogen and oxygen atoms in total. The van der Waals surface area contributed by atoms with Crippen LogP contribution in [0.3, 0.4) is 0 Å². The van der Waals surface area contributed by atoms with E-state index in [1.165, 1.54) is 7.11 Å². The van der Waals surface area contributed by atoms with Gasteiger partial charge in [0.25, 0.3) is 0 Å². The van der Waals surface area contributed by atoms with Crippen molar-refractivity contribution in [3.8, 4) is 11.5 Å². The van der Waals surface area contributed by atoms with Crippen LogP contribution in [0.2, 0.25) is 5.02 Å². The van der Waals surface area contributed by atoms with Gasteiger partial charge in [0.15, 0.2) is 17.3 Å². The van der Waals surface area contributed by atoms with E-state index >= 15 is 0 Å². The number of nitrogens with one attached hydrogen (secondary N) is 1. The molecule has 0 amide bonds. The van der Waals surface area contributed by atoms with E-state index in [2.05, 4.69) is 15.3 Å². The molecule has 2 aromatic heterocycles. The van der Waals surface area contributed by atoms with E-state index in [0.717, 1.165) is 22.3 Å². The minimum absolute atomic E-state index is 0. The summed E-state index contributed by atoms with van der Waals surface area (Å²) in [5.74, 6) is 1.01. The molecule has 2 N–H and O–H groups in total. The molecule has 0 unspecified atom stereocenters. The van der Waals surface area contributed by atoms with Crippen molar-refractivity contribution in [3.63, 3.8) is 0 Å². The Hall–Kier alpha value is -2.30. The van der Waals surface area contributed by atoms with Crippen LogP contribution in [0, 0.1) is 6.92 Å². The molecule has 0 fully saturated rings. The zero-order chi connectivity index (χ0) is 17.6. The van der Waals surface area contributed by atoms with Gasteiger partial charge >= 0.3 is 0 Å². The number of fused-ring (bicyclic) bond motifs is 3. The summed E-state index contributed by atoms with van der Waals surface area (Å²) in [5.41, 5.74) is 3.97. The second-order valence-corrected chi connectivity index (χ2v) is 6.09. The molecule has 8 heteroatoms. The average molecular weight is 539 g/mol. The number of aromatic nitrogens is 3. The van der Waals surface area contributed by atoms with E-state index in [1.807, 2.05) is 29.5 Å². The number of hydrogen-bond donors (Lipinski definition) is 2. The van der Waals surface area contributed by atoms with Crippen LogP contribution < -0.4 is 10.1 Å². The Kier molecular flexibility index (Phi) is 5.07. The van der Waals surface area contributed by atoms with Gasteiger partial charge in [-0.15, -0.1) is 0 Å². The fourth-order valence-electron chi connectivity index (χ4n) is 2.83. The Morgan fingerprint density at radius 1 is 1.23 bits per heavy atom. The van der Waals surface area contributed by atoms with Gasteiger partial charge in [0.1, 0.15) is 5.52 Å². The second-order valence-electron chi connectivity index (χ2n) is 5.68. The standard InChI is InChI=1S/C18H15ClN4O2.W/c1-10-4-3-5-11(19)17(10)22-18-14-8-20-9-23(14)13-7-16(25-2)15(24)6-12(13)21-18;/h3-9,24H,1-2H3,(H,21,22);. The third-order valence-electron chi connectivity index (χ3n) is 4.11. The Morgan fingerprint density at radius 2 is 2.04 bits per heavy atom. The monoisotopic (exact) mass is 538 g/mol. The van der Waals surface area contributed by atoms with Gasteiger partial charge < -0.3 is 15.2 Å². The zero-order valence-electron chi connectivity index (χ0n) is 14.0. The van der Waals surface area contributed by atoms with Crippen LogP contribution in [0.25, 0.3) is 16.6 Å². The number of benzene rings is 2. The number of hydrogen-bond acceptors (Lipinski definition) is 5. The quantitative estimate of drug-likeness (QED) is 0.407. The molecule has 4 aromatic rings. The number of phenols is 1. The van der Waals surface area contributed by atoms with E-state index in [0.29, 0.717) is 22.1 Å². The zero-order valence-corrected chi connectivity index (χ0v) is 17.7. The number of anilines is 2. The van der Waals surface area contributed by atoms with Crippen LogP contribution in [0.15, 0.2) is 42.9 Å². The molecule has 26 heavy (non-hydrogen) atoms. The van der Waals surface area contributed by atoms with Gasteiger partial charge in [-0.25, -0.2) is 9.97 Å². The van der Waals surface area contributed by atoms with Crippen LogP contribution in [0.5, 0.6) is 11.5 Å². The molecule has 2 aromatic carbocycles. The molecular weight excluding hydrogens is 524 g/mol. The Labute approximate surface area is 169 Å². The maximum Gasteiger partial charge on any atom is 0.162 e. The third kappa shape index (κ3) is 3.00. The van der Waals surface area contributed by atoms with Crippen molar-refractivity contribution < 1.29 is 30.9 Å². The topological polar surface area (TPSA) is 71.7 Å². The van der Waals surface area contributed by atoms with Crippen molar-refractivity contribution in [1.29, 1.82) is 0 Å². The molecule has 0 saturated heterocycles. The van der Waals surface area contributed by atoms with E-state index in [-0.39, 0.29) is 26.8 Å². The Morgan fingerprint density at radius 3 is 2.77 bits per heavy atom. The molecule has 0 aliphatic carbocycles. The van der Waals surface area contributed by atoms with Crippen LogP contribution in [-0.2, 0) is 21.1 Å². The van der Waals surface area contributed by atoms with Gasteiger partial charge in [0.05, 0.1) is 41.4 Å². The summed E-state index contributed by atoms with van der Waals surface area (Å²) < 4.78 is 7.08. The number of halogens is 1. The molecule has 2 heterocycles. The van der Waals surface area contributed by atoms with Crippen molar-refractivity contribution >= 4 is 39.7 Å². The number of methoxy groups -OCH3 is 1. The van der Waals surface area contributed by atoms with Crippen molar-refractivity contribution in [2.75, 3.05) is 12.4 Å². The molecule has 132 valence electrons. The first-order chi connectivity index (χ1) is 12.1. The van der Waals surface area contributed by atoms with Gasteiger partial charge in [-0.2, -0.15) is 0 Å². The molecule has 0 bridgehead atoms. The van der Waals surface area contributed by atoms with Crippen LogP contribution in [0.4, 0.5) is 11.5 Å². The van der Waals surface area contributed by atoms with Gasteiger partial charge in [-0.05, 0) is 18.6 Å². The summed E-state index contributed by atoms with van der Waals surface area (Å²) in [6.07, 6.45) is 3.42. The van der Waals surface area contributed by atoms with Crippen molar-refractivity contribution in [2.24, 2.45) is 0 Å². The number of phenolic OH excluding ortho intramolecular Hbond substituents is 1. The summed E-state index contributed by atoms with van der Waals surface area (Å²) in [4.78, 5) is 8.87. The second kappa shape index (κ2) is 7.14. The largest absolute Gasteiger partial charge is 0.504 e. The molecule has 0 atom stereocenters. The molecule has 0 aliphatic heterocycles. The number of ether oxygens (including phenoxy) is 1. The van der Waals surface area contributed by atoms with Crippen molar-refractivity contribution in [1.82, 2.24) is 14.4 Å². The fraction of sp³-hybridized carbons (Fsp3) is 0.111. The van der Waals surface area contributed by atoms with Gasteiger partial charge in [-0.3, -0.25) is 4.40 Å². The minimum Gasteiger partial charge on any atom is -0.504 e. The van der Waals surface area contributed by atoms with Gasteiger partial charge in [0.2, 0.25) is 0 Å². The number of nitrogens with zero attached hydrogens (tertiary/aromatic N) is 3. The molecule has 0 spiro atoms. The number of rotatable bonds is 3. The number of para-hydroxylation sites is 1.